The van der Waals surface area contributed by atoms with E-state index >= 15 is 0 Å². The molecule has 2 aromatic rings. The Hall–Kier alpha value is -3.02. The Labute approximate surface area is 190 Å². The van der Waals surface area contributed by atoms with Crippen molar-refractivity contribution in [2.45, 2.75) is 65.5 Å². The summed E-state index contributed by atoms with van der Waals surface area (Å²) >= 11 is 0. The lowest BCUT2D eigenvalue weighted by Gasteiger charge is -2.32. The summed E-state index contributed by atoms with van der Waals surface area (Å²) in [4.78, 5) is 25.1. The highest BCUT2D eigenvalue weighted by molar-refractivity contribution is 5.79. The van der Waals surface area contributed by atoms with Gasteiger partial charge in [0.15, 0.2) is 13.2 Å². The van der Waals surface area contributed by atoms with Crippen LogP contribution in [0.3, 0.4) is 0 Å². The zero-order chi connectivity index (χ0) is 23.1. The van der Waals surface area contributed by atoms with Crippen LogP contribution in [-0.2, 0) is 9.59 Å². The molecule has 1 aliphatic carbocycles. The molecule has 1 fully saturated rings. The van der Waals surface area contributed by atoms with Gasteiger partial charge in [0.1, 0.15) is 11.5 Å². The van der Waals surface area contributed by atoms with E-state index in [-0.39, 0.29) is 37.1 Å². The van der Waals surface area contributed by atoms with Crippen molar-refractivity contribution in [2.75, 3.05) is 13.2 Å². The van der Waals surface area contributed by atoms with Gasteiger partial charge in [0.2, 0.25) is 0 Å². The van der Waals surface area contributed by atoms with E-state index in [1.54, 1.807) is 0 Å². The number of aryl methyl sites for hydroxylation is 4. The largest absolute Gasteiger partial charge is 0.483 e. The lowest BCUT2D eigenvalue weighted by atomic mass is 9.90. The number of benzene rings is 2. The molecule has 2 N–H and O–H groups in total. The first-order valence-electron chi connectivity index (χ1n) is 11.3. The number of ether oxygens (including phenoxy) is 2. The molecule has 6 nitrogen and oxygen atoms in total. The molecule has 1 aliphatic rings. The van der Waals surface area contributed by atoms with Gasteiger partial charge in [-0.15, -0.1) is 0 Å². The molecule has 2 unspecified atom stereocenters. The van der Waals surface area contributed by atoms with Crippen LogP contribution in [0.1, 0.15) is 47.9 Å². The molecule has 172 valence electrons. The molecule has 2 amide bonds. The predicted molar refractivity (Wildman–Crippen MR) is 125 cm³/mol. The lowest BCUT2D eigenvalue weighted by Crippen LogP contribution is -2.54. The van der Waals surface area contributed by atoms with Gasteiger partial charge in [-0.05, 0) is 62.8 Å². The van der Waals surface area contributed by atoms with Gasteiger partial charge < -0.3 is 20.1 Å². The SMILES string of the molecule is Cc1cccc(C)c1OCC(=O)NC1CCCCC1NC(=O)COc1c(C)cccc1C. The maximum atomic E-state index is 12.6. The number of hydrogen-bond donors (Lipinski definition) is 2. The average Bonchev–Trinajstić information content (AvgIpc) is 2.74. The summed E-state index contributed by atoms with van der Waals surface area (Å²) in [6, 6.07) is 11.6. The third kappa shape index (κ3) is 6.25. The fourth-order valence-corrected chi connectivity index (χ4v) is 4.30. The summed E-state index contributed by atoms with van der Waals surface area (Å²) in [7, 11) is 0. The van der Waals surface area contributed by atoms with E-state index in [0.29, 0.717) is 0 Å². The molecule has 6 heteroatoms. The highest BCUT2D eigenvalue weighted by atomic mass is 16.5. The third-order valence-electron chi connectivity index (χ3n) is 5.97. The van der Waals surface area contributed by atoms with E-state index in [1.165, 1.54) is 0 Å². The Kier molecular flexibility index (Phi) is 8.14. The standard InChI is InChI=1S/C26H34N2O4/c1-17-9-7-10-18(2)25(17)31-15-23(29)27-21-13-5-6-14-22(21)28-24(30)16-32-26-19(3)11-8-12-20(26)4/h7-12,21-22H,5-6,13-16H2,1-4H3,(H,27,29)(H,28,30). The Morgan fingerprint density at radius 3 is 1.41 bits per heavy atom. The van der Waals surface area contributed by atoms with Crippen molar-refractivity contribution >= 4 is 11.8 Å². The quantitative estimate of drug-likeness (QED) is 0.655. The maximum Gasteiger partial charge on any atom is 0.258 e. The molecule has 0 radical (unpaired) electrons. The maximum absolute atomic E-state index is 12.6. The molecule has 1 saturated carbocycles. The molecule has 0 bridgehead atoms. The fourth-order valence-electron chi connectivity index (χ4n) is 4.30. The Balaban J connectivity index is 1.51. The van der Waals surface area contributed by atoms with Gasteiger partial charge in [0, 0.05) is 12.1 Å². The molecule has 2 atom stereocenters. The minimum absolute atomic E-state index is 0.0431. The van der Waals surface area contributed by atoms with Crippen molar-refractivity contribution in [3.63, 3.8) is 0 Å². The lowest BCUT2D eigenvalue weighted by molar-refractivity contribution is -0.127. The minimum atomic E-state index is -0.175. The van der Waals surface area contributed by atoms with Crippen molar-refractivity contribution in [2.24, 2.45) is 0 Å². The number of amides is 2. The van der Waals surface area contributed by atoms with Crippen LogP contribution < -0.4 is 20.1 Å². The van der Waals surface area contributed by atoms with E-state index < -0.39 is 0 Å². The Morgan fingerprint density at radius 2 is 1.06 bits per heavy atom. The number of carbonyl (C=O) groups excluding carboxylic acids is 2. The zero-order valence-electron chi connectivity index (χ0n) is 19.5. The summed E-state index contributed by atoms with van der Waals surface area (Å²) in [5.74, 6) is 1.15. The summed E-state index contributed by atoms with van der Waals surface area (Å²) in [6.07, 6.45) is 3.71. The first-order chi connectivity index (χ1) is 15.3. The van der Waals surface area contributed by atoms with E-state index in [9.17, 15) is 9.59 Å². The molecule has 0 aliphatic heterocycles. The zero-order valence-corrected chi connectivity index (χ0v) is 19.5. The monoisotopic (exact) mass is 438 g/mol. The van der Waals surface area contributed by atoms with E-state index in [2.05, 4.69) is 10.6 Å². The molecular formula is C26H34N2O4. The Bertz CT molecular complexity index is 839. The van der Waals surface area contributed by atoms with Gasteiger partial charge in [-0.2, -0.15) is 0 Å². The third-order valence-corrected chi connectivity index (χ3v) is 5.97. The van der Waals surface area contributed by atoms with Gasteiger partial charge in [-0.1, -0.05) is 49.2 Å². The van der Waals surface area contributed by atoms with Crippen LogP contribution in [0.15, 0.2) is 36.4 Å². The highest BCUT2D eigenvalue weighted by Crippen LogP contribution is 2.24. The highest BCUT2D eigenvalue weighted by Gasteiger charge is 2.28. The van der Waals surface area contributed by atoms with Crippen LogP contribution in [0.4, 0.5) is 0 Å². The minimum Gasteiger partial charge on any atom is -0.483 e. The number of hydrogen-bond acceptors (Lipinski definition) is 4. The van der Waals surface area contributed by atoms with Gasteiger partial charge in [0.05, 0.1) is 0 Å². The number of rotatable bonds is 8. The molecule has 2 aromatic carbocycles. The van der Waals surface area contributed by atoms with E-state index in [1.807, 2.05) is 64.1 Å². The number of nitrogens with one attached hydrogen (secondary N) is 2. The fraction of sp³-hybridized carbons (Fsp3) is 0.462. The molecule has 32 heavy (non-hydrogen) atoms. The van der Waals surface area contributed by atoms with Crippen molar-refractivity contribution in [3.8, 4) is 11.5 Å². The van der Waals surface area contributed by atoms with Gasteiger partial charge in [-0.3, -0.25) is 9.59 Å². The number of para-hydroxylation sites is 2. The van der Waals surface area contributed by atoms with Crippen LogP contribution in [0.2, 0.25) is 0 Å². The predicted octanol–water partition coefficient (Wildman–Crippen LogP) is 3.92. The number of carbonyl (C=O) groups is 2. The topological polar surface area (TPSA) is 76.7 Å². The average molecular weight is 439 g/mol. The Morgan fingerprint density at radius 1 is 0.719 bits per heavy atom. The van der Waals surface area contributed by atoms with E-state index in [0.717, 1.165) is 59.4 Å². The summed E-state index contributed by atoms with van der Waals surface area (Å²) in [5, 5.41) is 6.11. The smallest absolute Gasteiger partial charge is 0.258 e. The van der Waals surface area contributed by atoms with Crippen molar-refractivity contribution in [1.82, 2.24) is 10.6 Å². The summed E-state index contributed by atoms with van der Waals surface area (Å²) < 4.78 is 11.6. The van der Waals surface area contributed by atoms with Gasteiger partial charge in [0.25, 0.3) is 11.8 Å². The second kappa shape index (κ2) is 11.0. The van der Waals surface area contributed by atoms with Gasteiger partial charge in [-0.25, -0.2) is 0 Å². The molecule has 0 saturated heterocycles. The normalized spacial score (nSPS) is 18.0. The van der Waals surface area contributed by atoms with Crippen LogP contribution in [0.5, 0.6) is 11.5 Å². The first-order valence-corrected chi connectivity index (χ1v) is 11.3. The molecule has 0 aromatic heterocycles. The first kappa shape index (κ1) is 23.6. The van der Waals surface area contributed by atoms with Crippen LogP contribution >= 0.6 is 0 Å². The van der Waals surface area contributed by atoms with Crippen LogP contribution in [0.25, 0.3) is 0 Å². The van der Waals surface area contributed by atoms with Crippen molar-refractivity contribution in [3.05, 3.63) is 58.7 Å². The molecular weight excluding hydrogens is 404 g/mol. The van der Waals surface area contributed by atoms with E-state index in [4.69, 9.17) is 9.47 Å². The van der Waals surface area contributed by atoms with Crippen LogP contribution in [-0.4, -0.2) is 37.1 Å². The van der Waals surface area contributed by atoms with Crippen molar-refractivity contribution in [1.29, 1.82) is 0 Å². The van der Waals surface area contributed by atoms with Gasteiger partial charge >= 0.3 is 0 Å². The second-order valence-corrected chi connectivity index (χ2v) is 8.65. The second-order valence-electron chi connectivity index (χ2n) is 8.65. The molecule has 0 heterocycles. The summed E-state index contributed by atoms with van der Waals surface area (Å²) in [5.41, 5.74) is 4.02. The van der Waals surface area contributed by atoms with Crippen LogP contribution in [0, 0.1) is 27.7 Å². The summed E-state index contributed by atoms with van der Waals surface area (Å²) in [6.45, 7) is 7.78. The molecule has 3 rings (SSSR count). The van der Waals surface area contributed by atoms with Crippen molar-refractivity contribution < 1.29 is 19.1 Å². The molecule has 0 spiro atoms.